The van der Waals surface area contributed by atoms with E-state index in [2.05, 4.69) is 23.2 Å². The topological polar surface area (TPSA) is 33.7 Å². The summed E-state index contributed by atoms with van der Waals surface area (Å²) in [7, 11) is 3.39. The molecule has 1 aliphatic rings. The van der Waals surface area contributed by atoms with Gasteiger partial charge >= 0.3 is 0 Å². The van der Waals surface area contributed by atoms with E-state index in [1.54, 1.807) is 14.2 Å². The second-order valence-electron chi connectivity index (χ2n) is 5.62. The summed E-state index contributed by atoms with van der Waals surface area (Å²) in [6.07, 6.45) is 3.77. The van der Waals surface area contributed by atoms with Crippen LogP contribution in [0.3, 0.4) is 0 Å². The Kier molecular flexibility index (Phi) is 6.33. The molecule has 1 unspecified atom stereocenters. The number of hydrogen-bond donors (Lipinski definition) is 1. The minimum absolute atomic E-state index is 0.605. The fourth-order valence-corrected chi connectivity index (χ4v) is 2.93. The molecule has 1 aromatic carbocycles. The lowest BCUT2D eigenvalue weighted by atomic mass is 10.1. The largest absolute Gasteiger partial charge is 0.497 e. The van der Waals surface area contributed by atoms with Crippen LogP contribution in [0.1, 0.15) is 31.7 Å². The second kappa shape index (κ2) is 8.25. The highest BCUT2D eigenvalue weighted by Gasteiger charge is 2.16. The molecule has 1 fully saturated rings. The van der Waals surface area contributed by atoms with Crippen molar-refractivity contribution in [2.24, 2.45) is 0 Å². The molecule has 0 aromatic heterocycles. The monoisotopic (exact) mass is 292 g/mol. The van der Waals surface area contributed by atoms with Gasteiger partial charge in [0.15, 0.2) is 0 Å². The summed E-state index contributed by atoms with van der Waals surface area (Å²) in [6.45, 7) is 6.70. The van der Waals surface area contributed by atoms with Crippen molar-refractivity contribution in [2.75, 3.05) is 33.9 Å². The molecule has 1 heterocycles. The molecule has 1 saturated heterocycles. The zero-order valence-corrected chi connectivity index (χ0v) is 13.5. The normalized spacial score (nSPS) is 20.0. The summed E-state index contributed by atoms with van der Waals surface area (Å²) in [6, 6.07) is 6.63. The predicted octanol–water partition coefficient (Wildman–Crippen LogP) is 2.67. The van der Waals surface area contributed by atoms with Gasteiger partial charge in [0.2, 0.25) is 0 Å². The minimum Gasteiger partial charge on any atom is -0.497 e. The summed E-state index contributed by atoms with van der Waals surface area (Å²) in [4.78, 5) is 2.54. The lowest BCUT2D eigenvalue weighted by molar-refractivity contribution is 0.297. The quantitative estimate of drug-likeness (QED) is 0.874. The average Bonchev–Trinajstić information content (AvgIpc) is 2.77. The van der Waals surface area contributed by atoms with Crippen LogP contribution in [-0.2, 0) is 6.54 Å². The second-order valence-corrected chi connectivity index (χ2v) is 5.62. The SMILES string of the molecule is CCN1CCCC(NCc2ccc(OC)cc2OC)CC1. The highest BCUT2D eigenvalue weighted by Crippen LogP contribution is 2.24. The van der Waals surface area contributed by atoms with Crippen molar-refractivity contribution < 1.29 is 9.47 Å². The fraction of sp³-hybridized carbons (Fsp3) is 0.647. The van der Waals surface area contributed by atoms with E-state index in [9.17, 15) is 0 Å². The van der Waals surface area contributed by atoms with Gasteiger partial charge in [-0.25, -0.2) is 0 Å². The Labute approximate surface area is 128 Å². The lowest BCUT2D eigenvalue weighted by Gasteiger charge is -2.19. The number of rotatable bonds is 6. The first-order valence-corrected chi connectivity index (χ1v) is 7.93. The van der Waals surface area contributed by atoms with Crippen molar-refractivity contribution >= 4 is 0 Å². The van der Waals surface area contributed by atoms with Crippen molar-refractivity contribution in [2.45, 2.75) is 38.8 Å². The number of nitrogens with one attached hydrogen (secondary N) is 1. The third kappa shape index (κ3) is 4.61. The van der Waals surface area contributed by atoms with Gasteiger partial charge in [0.1, 0.15) is 11.5 Å². The van der Waals surface area contributed by atoms with Crippen molar-refractivity contribution in [1.29, 1.82) is 0 Å². The smallest absolute Gasteiger partial charge is 0.127 e. The average molecular weight is 292 g/mol. The van der Waals surface area contributed by atoms with E-state index in [-0.39, 0.29) is 0 Å². The van der Waals surface area contributed by atoms with Gasteiger partial charge in [-0.3, -0.25) is 0 Å². The highest BCUT2D eigenvalue weighted by atomic mass is 16.5. The molecule has 0 bridgehead atoms. The number of likely N-dealkylation sites (tertiary alicyclic amines) is 1. The van der Waals surface area contributed by atoms with Crippen LogP contribution < -0.4 is 14.8 Å². The van der Waals surface area contributed by atoms with Crippen LogP contribution in [0.5, 0.6) is 11.5 Å². The first-order chi connectivity index (χ1) is 10.3. The maximum Gasteiger partial charge on any atom is 0.127 e. The zero-order chi connectivity index (χ0) is 15.1. The minimum atomic E-state index is 0.605. The predicted molar refractivity (Wildman–Crippen MR) is 86.1 cm³/mol. The van der Waals surface area contributed by atoms with Crippen LogP contribution in [0.4, 0.5) is 0 Å². The number of nitrogens with zero attached hydrogens (tertiary/aromatic N) is 1. The fourth-order valence-electron chi connectivity index (χ4n) is 2.93. The summed E-state index contributed by atoms with van der Waals surface area (Å²) in [5.41, 5.74) is 1.19. The maximum atomic E-state index is 5.46. The van der Waals surface area contributed by atoms with Crippen LogP contribution in [-0.4, -0.2) is 44.8 Å². The van der Waals surface area contributed by atoms with Crippen LogP contribution in [0, 0.1) is 0 Å². The van der Waals surface area contributed by atoms with E-state index >= 15 is 0 Å². The van der Waals surface area contributed by atoms with Gasteiger partial charge in [0.25, 0.3) is 0 Å². The molecule has 0 spiro atoms. The Morgan fingerprint density at radius 2 is 2.05 bits per heavy atom. The van der Waals surface area contributed by atoms with E-state index in [0.29, 0.717) is 6.04 Å². The van der Waals surface area contributed by atoms with Crippen LogP contribution in [0.25, 0.3) is 0 Å². The maximum absolute atomic E-state index is 5.46. The van der Waals surface area contributed by atoms with Crippen molar-refractivity contribution in [3.05, 3.63) is 23.8 Å². The molecule has 2 rings (SSSR count). The van der Waals surface area contributed by atoms with Gasteiger partial charge in [0, 0.05) is 24.2 Å². The molecular weight excluding hydrogens is 264 g/mol. The van der Waals surface area contributed by atoms with Crippen LogP contribution >= 0.6 is 0 Å². The van der Waals surface area contributed by atoms with Crippen LogP contribution in [0.15, 0.2) is 18.2 Å². The van der Waals surface area contributed by atoms with Gasteiger partial charge in [0.05, 0.1) is 14.2 Å². The first-order valence-electron chi connectivity index (χ1n) is 7.93. The molecule has 0 aliphatic carbocycles. The van der Waals surface area contributed by atoms with Gasteiger partial charge in [-0.1, -0.05) is 13.0 Å². The zero-order valence-electron chi connectivity index (χ0n) is 13.5. The van der Waals surface area contributed by atoms with E-state index in [0.717, 1.165) is 18.0 Å². The Bertz CT molecular complexity index is 437. The van der Waals surface area contributed by atoms with Crippen molar-refractivity contribution in [1.82, 2.24) is 10.2 Å². The third-order valence-corrected chi connectivity index (χ3v) is 4.34. The molecule has 1 aliphatic heterocycles. The van der Waals surface area contributed by atoms with Gasteiger partial charge < -0.3 is 19.7 Å². The summed E-state index contributed by atoms with van der Waals surface area (Å²) in [5, 5.41) is 3.69. The van der Waals surface area contributed by atoms with E-state index in [1.165, 1.54) is 44.5 Å². The summed E-state index contributed by atoms with van der Waals surface area (Å²) < 4.78 is 10.7. The summed E-state index contributed by atoms with van der Waals surface area (Å²) in [5.74, 6) is 1.73. The number of hydrogen-bond acceptors (Lipinski definition) is 4. The highest BCUT2D eigenvalue weighted by molar-refractivity contribution is 5.40. The number of methoxy groups -OCH3 is 2. The molecule has 21 heavy (non-hydrogen) atoms. The Morgan fingerprint density at radius 3 is 2.76 bits per heavy atom. The first kappa shape index (κ1) is 16.1. The summed E-state index contributed by atoms with van der Waals surface area (Å²) >= 11 is 0. The molecule has 0 radical (unpaired) electrons. The van der Waals surface area contributed by atoms with Crippen molar-refractivity contribution in [3.8, 4) is 11.5 Å². The molecule has 4 nitrogen and oxygen atoms in total. The molecule has 0 saturated carbocycles. The number of ether oxygens (including phenoxy) is 2. The standard InChI is InChI=1S/C17H28N2O2/c1-4-19-10-5-6-15(9-11-19)18-13-14-7-8-16(20-2)12-17(14)21-3/h7-8,12,15,18H,4-6,9-11,13H2,1-3H3. The van der Waals surface area contributed by atoms with E-state index in [4.69, 9.17) is 9.47 Å². The molecule has 118 valence electrons. The third-order valence-electron chi connectivity index (χ3n) is 4.34. The molecule has 1 N–H and O–H groups in total. The number of benzene rings is 1. The van der Waals surface area contributed by atoms with Gasteiger partial charge in [-0.05, 0) is 45.0 Å². The van der Waals surface area contributed by atoms with Crippen molar-refractivity contribution in [3.63, 3.8) is 0 Å². The molecular formula is C17H28N2O2. The Hall–Kier alpha value is -1.26. The Balaban J connectivity index is 1.90. The van der Waals surface area contributed by atoms with Crippen LogP contribution in [0.2, 0.25) is 0 Å². The molecule has 1 atom stereocenters. The molecule has 0 amide bonds. The van der Waals surface area contributed by atoms with E-state index in [1.807, 2.05) is 12.1 Å². The van der Waals surface area contributed by atoms with Gasteiger partial charge in [-0.2, -0.15) is 0 Å². The lowest BCUT2D eigenvalue weighted by Crippen LogP contribution is -2.30. The molecule has 1 aromatic rings. The van der Waals surface area contributed by atoms with E-state index < -0.39 is 0 Å². The van der Waals surface area contributed by atoms with Gasteiger partial charge in [-0.15, -0.1) is 0 Å². The Morgan fingerprint density at radius 1 is 1.19 bits per heavy atom. The molecule has 4 heteroatoms.